The monoisotopic (exact) mass is 435 g/mol. The maximum atomic E-state index is 13.5. The third kappa shape index (κ3) is 3.16. The second kappa shape index (κ2) is 7.42. The van der Waals surface area contributed by atoms with Crippen molar-refractivity contribution in [3.8, 4) is 0 Å². The molecule has 0 bridgehead atoms. The van der Waals surface area contributed by atoms with E-state index in [0.29, 0.717) is 34.6 Å². The number of imidazole rings is 1. The molecule has 0 saturated heterocycles. The van der Waals surface area contributed by atoms with Crippen molar-refractivity contribution in [1.29, 1.82) is 0 Å². The first-order valence-electron chi connectivity index (χ1n) is 10.2. The van der Waals surface area contributed by atoms with Crippen molar-refractivity contribution in [1.82, 2.24) is 18.7 Å². The Morgan fingerprint density at radius 1 is 1.03 bits per heavy atom. The molecule has 0 amide bonds. The number of fused-ring (bicyclic) bond motifs is 3. The maximum Gasteiger partial charge on any atom is 0.332 e. The molecule has 7 nitrogen and oxygen atoms in total. The van der Waals surface area contributed by atoms with E-state index in [0.717, 1.165) is 17.8 Å². The summed E-state index contributed by atoms with van der Waals surface area (Å²) in [6.45, 7) is 3.71. The summed E-state index contributed by atoms with van der Waals surface area (Å²) in [7, 11) is 1.66. The number of para-hydroxylation sites is 1. The van der Waals surface area contributed by atoms with Crippen molar-refractivity contribution in [3.63, 3.8) is 0 Å². The first-order chi connectivity index (χ1) is 15.0. The van der Waals surface area contributed by atoms with E-state index >= 15 is 0 Å². The zero-order chi connectivity index (χ0) is 21.7. The largest absolute Gasteiger partial charge is 0.332 e. The van der Waals surface area contributed by atoms with E-state index < -0.39 is 5.69 Å². The Morgan fingerprint density at radius 2 is 1.74 bits per heavy atom. The van der Waals surface area contributed by atoms with Gasteiger partial charge in [0.25, 0.3) is 5.56 Å². The standard InChI is InChI=1S/C23H22ClN5O2/c1-15-12-27(17-9-4-3-5-10-17)22-25-20-19(28(22)13-15)21(30)29(23(31)26(20)2)14-16-8-6-7-11-18(16)24/h3-11,15H,12-14H2,1-2H3. The Labute approximate surface area is 183 Å². The lowest BCUT2D eigenvalue weighted by Gasteiger charge is -2.32. The van der Waals surface area contributed by atoms with Gasteiger partial charge in [0.05, 0.1) is 6.54 Å². The molecule has 1 atom stereocenters. The summed E-state index contributed by atoms with van der Waals surface area (Å²) >= 11 is 6.29. The molecule has 158 valence electrons. The summed E-state index contributed by atoms with van der Waals surface area (Å²) in [6.07, 6.45) is 0. The van der Waals surface area contributed by atoms with Gasteiger partial charge in [-0.2, -0.15) is 4.98 Å². The van der Waals surface area contributed by atoms with E-state index in [1.54, 1.807) is 13.1 Å². The number of nitrogens with zero attached hydrogens (tertiary/aromatic N) is 5. The molecule has 0 N–H and O–H groups in total. The number of benzene rings is 2. The van der Waals surface area contributed by atoms with E-state index in [1.807, 2.05) is 53.1 Å². The summed E-state index contributed by atoms with van der Waals surface area (Å²) in [4.78, 5) is 33.4. The maximum absolute atomic E-state index is 13.5. The predicted octanol–water partition coefficient (Wildman–Crippen LogP) is 3.39. The molecule has 1 aliphatic rings. The van der Waals surface area contributed by atoms with E-state index in [2.05, 4.69) is 11.8 Å². The number of aromatic nitrogens is 4. The fraction of sp³-hybridized carbons (Fsp3) is 0.261. The summed E-state index contributed by atoms with van der Waals surface area (Å²) < 4.78 is 4.64. The molecule has 1 aliphatic heterocycles. The lowest BCUT2D eigenvalue weighted by atomic mass is 10.1. The summed E-state index contributed by atoms with van der Waals surface area (Å²) in [5, 5.41) is 0.524. The molecule has 8 heteroatoms. The van der Waals surface area contributed by atoms with Crippen molar-refractivity contribution >= 4 is 34.4 Å². The molecular weight excluding hydrogens is 414 g/mol. The number of hydrogen-bond acceptors (Lipinski definition) is 4. The first kappa shape index (κ1) is 19.6. The van der Waals surface area contributed by atoms with Crippen LogP contribution in [-0.4, -0.2) is 25.2 Å². The Morgan fingerprint density at radius 3 is 2.48 bits per heavy atom. The Hall–Kier alpha value is -3.32. The zero-order valence-electron chi connectivity index (χ0n) is 17.3. The SMILES string of the molecule is CC1CN(c2ccccc2)c2nc3c(c(=O)n(Cc4ccccc4Cl)c(=O)n3C)n2C1. The molecule has 0 aliphatic carbocycles. The lowest BCUT2D eigenvalue weighted by Crippen LogP contribution is -2.40. The third-order valence-electron chi connectivity index (χ3n) is 5.80. The number of anilines is 2. The van der Waals surface area contributed by atoms with Gasteiger partial charge in [-0.1, -0.05) is 54.9 Å². The van der Waals surface area contributed by atoms with Crippen LogP contribution >= 0.6 is 11.6 Å². The summed E-state index contributed by atoms with van der Waals surface area (Å²) in [5.74, 6) is 0.987. The summed E-state index contributed by atoms with van der Waals surface area (Å²) in [5.41, 5.74) is 1.81. The highest BCUT2D eigenvalue weighted by molar-refractivity contribution is 6.31. The van der Waals surface area contributed by atoms with Crippen molar-refractivity contribution < 1.29 is 0 Å². The molecule has 2 aromatic carbocycles. The van der Waals surface area contributed by atoms with Crippen LogP contribution < -0.4 is 16.1 Å². The fourth-order valence-corrected chi connectivity index (χ4v) is 4.46. The Kier molecular flexibility index (Phi) is 4.70. The molecule has 31 heavy (non-hydrogen) atoms. The smallest absolute Gasteiger partial charge is 0.312 e. The van der Waals surface area contributed by atoms with Crippen molar-refractivity contribution in [3.05, 3.63) is 86.0 Å². The van der Waals surface area contributed by atoms with Gasteiger partial charge in [0, 0.05) is 30.8 Å². The van der Waals surface area contributed by atoms with Crippen LogP contribution in [0.5, 0.6) is 0 Å². The fourth-order valence-electron chi connectivity index (χ4n) is 4.27. The minimum atomic E-state index is -0.410. The van der Waals surface area contributed by atoms with Gasteiger partial charge in [0.2, 0.25) is 5.95 Å². The topological polar surface area (TPSA) is 65.1 Å². The van der Waals surface area contributed by atoms with Gasteiger partial charge in [-0.15, -0.1) is 0 Å². The van der Waals surface area contributed by atoms with E-state index in [9.17, 15) is 9.59 Å². The second-order valence-electron chi connectivity index (χ2n) is 8.07. The summed E-state index contributed by atoms with van der Waals surface area (Å²) in [6, 6.07) is 17.2. The number of hydrogen-bond donors (Lipinski definition) is 0. The minimum absolute atomic E-state index is 0.111. The van der Waals surface area contributed by atoms with Gasteiger partial charge in [0.15, 0.2) is 11.2 Å². The average Bonchev–Trinajstić information content (AvgIpc) is 3.16. The van der Waals surface area contributed by atoms with Crippen LogP contribution in [0.25, 0.3) is 11.2 Å². The minimum Gasteiger partial charge on any atom is -0.312 e. The average molecular weight is 436 g/mol. The molecule has 0 radical (unpaired) electrons. The first-order valence-corrected chi connectivity index (χ1v) is 10.6. The molecule has 2 aromatic heterocycles. The van der Waals surface area contributed by atoms with Crippen LogP contribution in [-0.2, 0) is 20.1 Å². The predicted molar refractivity (Wildman–Crippen MR) is 122 cm³/mol. The van der Waals surface area contributed by atoms with Crippen LogP contribution in [0.2, 0.25) is 5.02 Å². The van der Waals surface area contributed by atoms with Crippen LogP contribution in [0.4, 0.5) is 11.6 Å². The van der Waals surface area contributed by atoms with Gasteiger partial charge in [-0.25, -0.2) is 4.79 Å². The molecule has 3 heterocycles. The van der Waals surface area contributed by atoms with E-state index in [-0.39, 0.29) is 12.1 Å². The van der Waals surface area contributed by atoms with Crippen LogP contribution in [0.3, 0.4) is 0 Å². The highest BCUT2D eigenvalue weighted by Gasteiger charge is 2.29. The van der Waals surface area contributed by atoms with Crippen molar-refractivity contribution in [2.45, 2.75) is 20.0 Å². The van der Waals surface area contributed by atoms with E-state index in [4.69, 9.17) is 16.6 Å². The molecule has 0 saturated carbocycles. The second-order valence-corrected chi connectivity index (χ2v) is 8.48. The molecule has 0 fully saturated rings. The van der Waals surface area contributed by atoms with Crippen LogP contribution in [0.1, 0.15) is 12.5 Å². The molecular formula is C23H22ClN5O2. The molecule has 4 aromatic rings. The normalized spacial score (nSPS) is 16.0. The van der Waals surface area contributed by atoms with Gasteiger partial charge in [-0.3, -0.25) is 13.9 Å². The van der Waals surface area contributed by atoms with Crippen LogP contribution in [0, 0.1) is 5.92 Å². The highest BCUT2D eigenvalue weighted by atomic mass is 35.5. The van der Waals surface area contributed by atoms with Gasteiger partial charge in [-0.05, 0) is 29.7 Å². The van der Waals surface area contributed by atoms with Crippen molar-refractivity contribution in [2.75, 3.05) is 11.4 Å². The number of rotatable bonds is 3. The van der Waals surface area contributed by atoms with E-state index in [1.165, 1.54) is 9.13 Å². The van der Waals surface area contributed by atoms with Gasteiger partial charge in [0.1, 0.15) is 0 Å². The Bertz CT molecular complexity index is 1400. The Balaban J connectivity index is 1.74. The van der Waals surface area contributed by atoms with Gasteiger partial charge >= 0.3 is 5.69 Å². The van der Waals surface area contributed by atoms with Crippen molar-refractivity contribution in [2.24, 2.45) is 13.0 Å². The third-order valence-corrected chi connectivity index (χ3v) is 6.17. The molecule has 1 unspecified atom stereocenters. The van der Waals surface area contributed by atoms with Gasteiger partial charge < -0.3 is 9.47 Å². The highest BCUT2D eigenvalue weighted by Crippen LogP contribution is 2.32. The molecule has 5 rings (SSSR count). The number of halogens is 1. The zero-order valence-corrected chi connectivity index (χ0v) is 18.1. The number of aryl methyl sites for hydroxylation is 1. The molecule has 0 spiro atoms. The van der Waals surface area contributed by atoms with Crippen LogP contribution in [0.15, 0.2) is 64.2 Å². The quantitative estimate of drug-likeness (QED) is 0.495. The lowest BCUT2D eigenvalue weighted by molar-refractivity contribution is 0.458.